The van der Waals surface area contributed by atoms with Crippen molar-refractivity contribution in [3.05, 3.63) is 18.0 Å². The summed E-state index contributed by atoms with van der Waals surface area (Å²) in [5.74, 6) is 2.56. The van der Waals surface area contributed by atoms with Gasteiger partial charge in [0.1, 0.15) is 0 Å². The third-order valence-corrected chi connectivity index (χ3v) is 4.96. The number of nitrogens with zero attached hydrogens (tertiary/aromatic N) is 2. The molecule has 0 aromatic carbocycles. The molecule has 1 aromatic heterocycles. The van der Waals surface area contributed by atoms with E-state index in [1.54, 1.807) is 0 Å². The van der Waals surface area contributed by atoms with Crippen LogP contribution in [0.1, 0.15) is 58.2 Å². The molecule has 0 aliphatic heterocycles. The summed E-state index contributed by atoms with van der Waals surface area (Å²) in [5, 5.41) is 8.13. The van der Waals surface area contributed by atoms with Crippen LogP contribution in [0.25, 0.3) is 0 Å². The van der Waals surface area contributed by atoms with Crippen molar-refractivity contribution in [1.82, 2.24) is 15.1 Å². The lowest BCUT2D eigenvalue weighted by atomic mass is 9.71. The molecule has 3 heteroatoms. The van der Waals surface area contributed by atoms with Crippen LogP contribution in [0.3, 0.4) is 0 Å². The van der Waals surface area contributed by atoms with Gasteiger partial charge in [0.15, 0.2) is 0 Å². The number of hydrogen-bond donors (Lipinski definition) is 1. The monoisotopic (exact) mass is 277 g/mol. The Morgan fingerprint density at radius 1 is 1.35 bits per heavy atom. The Kier molecular flexibility index (Phi) is 5.64. The Morgan fingerprint density at radius 3 is 2.75 bits per heavy atom. The van der Waals surface area contributed by atoms with Gasteiger partial charge in [-0.25, -0.2) is 0 Å². The number of aromatic nitrogens is 2. The van der Waals surface area contributed by atoms with Crippen LogP contribution in [-0.4, -0.2) is 23.4 Å². The van der Waals surface area contributed by atoms with Gasteiger partial charge in [-0.05, 0) is 70.5 Å². The Balaban J connectivity index is 2.01. The maximum Gasteiger partial charge on any atom is 0.0627 e. The molecule has 114 valence electrons. The zero-order valence-electron chi connectivity index (χ0n) is 13.6. The minimum Gasteiger partial charge on any atom is -0.319 e. The van der Waals surface area contributed by atoms with E-state index in [9.17, 15) is 0 Å². The Hall–Kier alpha value is -0.830. The highest BCUT2D eigenvalue weighted by atomic mass is 15.3. The third-order valence-electron chi connectivity index (χ3n) is 4.96. The zero-order valence-corrected chi connectivity index (χ0v) is 13.6. The molecule has 1 aromatic rings. The first-order valence-electron chi connectivity index (χ1n) is 8.32. The van der Waals surface area contributed by atoms with Gasteiger partial charge in [-0.15, -0.1) is 0 Å². The SMILES string of the molecule is CCC1CCC(CNC)C(Cc2ccn(C(C)C)n2)C1. The van der Waals surface area contributed by atoms with Crippen LogP contribution in [0.5, 0.6) is 0 Å². The molecule has 0 amide bonds. The Bertz CT molecular complexity index is 397. The molecule has 0 saturated heterocycles. The molecule has 20 heavy (non-hydrogen) atoms. The molecule has 2 rings (SSSR count). The summed E-state index contributed by atoms with van der Waals surface area (Å²) in [6, 6.07) is 2.68. The van der Waals surface area contributed by atoms with Crippen LogP contribution >= 0.6 is 0 Å². The average Bonchev–Trinajstić information content (AvgIpc) is 2.90. The highest BCUT2D eigenvalue weighted by Gasteiger charge is 2.29. The summed E-state index contributed by atoms with van der Waals surface area (Å²) < 4.78 is 2.09. The van der Waals surface area contributed by atoms with Gasteiger partial charge in [-0.2, -0.15) is 5.10 Å². The van der Waals surface area contributed by atoms with E-state index >= 15 is 0 Å². The lowest BCUT2D eigenvalue weighted by Gasteiger charge is -2.35. The topological polar surface area (TPSA) is 29.9 Å². The Morgan fingerprint density at radius 2 is 2.15 bits per heavy atom. The Labute approximate surface area is 124 Å². The lowest BCUT2D eigenvalue weighted by molar-refractivity contribution is 0.172. The van der Waals surface area contributed by atoms with E-state index < -0.39 is 0 Å². The summed E-state index contributed by atoms with van der Waals surface area (Å²) in [4.78, 5) is 0. The first-order valence-corrected chi connectivity index (χ1v) is 8.32. The molecule has 1 aliphatic rings. The molecule has 1 fully saturated rings. The maximum absolute atomic E-state index is 4.75. The number of nitrogens with one attached hydrogen (secondary N) is 1. The lowest BCUT2D eigenvalue weighted by Crippen LogP contribution is -2.33. The van der Waals surface area contributed by atoms with Gasteiger partial charge in [-0.3, -0.25) is 4.68 Å². The molecule has 0 bridgehead atoms. The number of hydrogen-bond acceptors (Lipinski definition) is 2. The highest BCUT2D eigenvalue weighted by molar-refractivity contribution is 5.02. The molecular weight excluding hydrogens is 246 g/mol. The van der Waals surface area contributed by atoms with Crippen molar-refractivity contribution in [2.24, 2.45) is 17.8 Å². The summed E-state index contributed by atoms with van der Waals surface area (Å²) in [6.45, 7) is 7.88. The van der Waals surface area contributed by atoms with Crippen molar-refractivity contribution in [3.8, 4) is 0 Å². The van der Waals surface area contributed by atoms with E-state index in [4.69, 9.17) is 5.10 Å². The summed E-state index contributed by atoms with van der Waals surface area (Å²) >= 11 is 0. The third kappa shape index (κ3) is 3.85. The summed E-state index contributed by atoms with van der Waals surface area (Å²) in [7, 11) is 2.08. The van der Waals surface area contributed by atoms with Crippen LogP contribution in [0.2, 0.25) is 0 Å². The minimum absolute atomic E-state index is 0.464. The molecule has 3 unspecified atom stereocenters. The van der Waals surface area contributed by atoms with Crippen molar-refractivity contribution in [2.75, 3.05) is 13.6 Å². The highest BCUT2D eigenvalue weighted by Crippen LogP contribution is 2.37. The second kappa shape index (κ2) is 7.26. The van der Waals surface area contributed by atoms with Crippen LogP contribution in [0.15, 0.2) is 12.3 Å². The van der Waals surface area contributed by atoms with E-state index in [1.807, 2.05) is 0 Å². The molecule has 3 nitrogen and oxygen atoms in total. The van der Waals surface area contributed by atoms with Gasteiger partial charge in [0.25, 0.3) is 0 Å². The zero-order chi connectivity index (χ0) is 14.5. The van der Waals surface area contributed by atoms with Crippen LogP contribution in [-0.2, 0) is 6.42 Å². The van der Waals surface area contributed by atoms with Gasteiger partial charge < -0.3 is 5.32 Å². The summed E-state index contributed by atoms with van der Waals surface area (Å²) in [5.41, 5.74) is 1.28. The molecule has 0 spiro atoms. The quantitative estimate of drug-likeness (QED) is 0.860. The fourth-order valence-electron chi connectivity index (χ4n) is 3.62. The smallest absolute Gasteiger partial charge is 0.0627 e. The molecule has 1 N–H and O–H groups in total. The predicted molar refractivity (Wildman–Crippen MR) is 84.9 cm³/mol. The van der Waals surface area contributed by atoms with E-state index in [0.717, 1.165) is 30.7 Å². The van der Waals surface area contributed by atoms with Gasteiger partial charge in [-0.1, -0.05) is 19.8 Å². The van der Waals surface area contributed by atoms with Crippen LogP contribution in [0, 0.1) is 17.8 Å². The molecule has 1 aliphatic carbocycles. The van der Waals surface area contributed by atoms with Crippen LogP contribution < -0.4 is 5.32 Å². The second-order valence-corrected chi connectivity index (χ2v) is 6.75. The fourth-order valence-corrected chi connectivity index (χ4v) is 3.62. The van der Waals surface area contributed by atoms with Crippen molar-refractivity contribution in [2.45, 2.75) is 58.9 Å². The molecule has 1 heterocycles. The standard InChI is InChI=1S/C17H31N3/c1-5-14-6-7-15(12-18-4)16(10-14)11-17-8-9-20(19-17)13(2)3/h8-9,13-16,18H,5-7,10-12H2,1-4H3. The largest absolute Gasteiger partial charge is 0.319 e. The first-order chi connectivity index (χ1) is 9.63. The predicted octanol–water partition coefficient (Wildman–Crippen LogP) is 3.67. The average molecular weight is 277 g/mol. The maximum atomic E-state index is 4.75. The van der Waals surface area contributed by atoms with Crippen molar-refractivity contribution in [3.63, 3.8) is 0 Å². The van der Waals surface area contributed by atoms with E-state index in [0.29, 0.717) is 6.04 Å². The second-order valence-electron chi connectivity index (χ2n) is 6.75. The number of rotatable bonds is 6. The van der Waals surface area contributed by atoms with Gasteiger partial charge in [0.2, 0.25) is 0 Å². The van der Waals surface area contributed by atoms with E-state index in [-0.39, 0.29) is 0 Å². The minimum atomic E-state index is 0.464. The molecule has 3 atom stereocenters. The molecule has 0 radical (unpaired) electrons. The van der Waals surface area contributed by atoms with Gasteiger partial charge >= 0.3 is 0 Å². The first kappa shape index (κ1) is 15.6. The summed E-state index contributed by atoms with van der Waals surface area (Å²) in [6.07, 6.45) is 8.81. The fraction of sp³-hybridized carbons (Fsp3) is 0.824. The van der Waals surface area contributed by atoms with Gasteiger partial charge in [0, 0.05) is 12.2 Å². The van der Waals surface area contributed by atoms with Gasteiger partial charge in [0.05, 0.1) is 5.69 Å². The normalized spacial score (nSPS) is 27.1. The van der Waals surface area contributed by atoms with Crippen molar-refractivity contribution >= 4 is 0 Å². The van der Waals surface area contributed by atoms with E-state index in [2.05, 4.69) is 50.1 Å². The van der Waals surface area contributed by atoms with E-state index in [1.165, 1.54) is 31.4 Å². The molecular formula is C17H31N3. The molecule has 1 saturated carbocycles. The van der Waals surface area contributed by atoms with Crippen molar-refractivity contribution in [1.29, 1.82) is 0 Å². The van der Waals surface area contributed by atoms with Crippen LogP contribution in [0.4, 0.5) is 0 Å². The van der Waals surface area contributed by atoms with Crippen molar-refractivity contribution < 1.29 is 0 Å².